The number of nitro groups is 1. The average Bonchev–Trinajstić information content (AvgIpc) is 2.59. The van der Waals surface area contributed by atoms with E-state index in [1.807, 2.05) is 0 Å². The third kappa shape index (κ3) is 0.571. The van der Waals surface area contributed by atoms with E-state index in [4.69, 9.17) is 4.74 Å². The number of hydrogen-bond donors (Lipinski definition) is 0. The predicted octanol–water partition coefficient (Wildman–Crippen LogP) is 1.26. The van der Waals surface area contributed by atoms with Crippen LogP contribution in [-0.2, 0) is 4.74 Å². The summed E-state index contributed by atoms with van der Waals surface area (Å²) in [6.07, 6.45) is 5.24. The fourth-order valence-electron chi connectivity index (χ4n) is 1.75. The molecule has 2 aliphatic rings. The fraction of sp³-hybridized carbons (Fsp3) is 0.500. The Morgan fingerprint density at radius 1 is 1.67 bits per heavy atom. The van der Waals surface area contributed by atoms with Gasteiger partial charge in [0.25, 0.3) is 0 Å². The third-order valence-electron chi connectivity index (χ3n) is 2.54. The lowest BCUT2D eigenvalue weighted by atomic mass is 9.91. The quantitative estimate of drug-likeness (QED) is 0.335. The molecule has 0 spiro atoms. The Labute approximate surface area is 69.7 Å². The minimum absolute atomic E-state index is 0.359. The molecule has 1 fully saturated rings. The predicted molar refractivity (Wildman–Crippen MR) is 42.1 cm³/mol. The van der Waals surface area contributed by atoms with Crippen LogP contribution in [0.2, 0.25) is 0 Å². The van der Waals surface area contributed by atoms with Crippen LogP contribution in [-0.4, -0.2) is 16.2 Å². The lowest BCUT2D eigenvalue weighted by Crippen LogP contribution is -2.33. The highest BCUT2D eigenvalue weighted by Gasteiger charge is 2.79. The second kappa shape index (κ2) is 1.77. The number of fused-ring (bicyclic) bond motifs is 1. The van der Waals surface area contributed by atoms with Crippen molar-refractivity contribution in [1.29, 1.82) is 0 Å². The van der Waals surface area contributed by atoms with Crippen LogP contribution in [0.4, 0.5) is 0 Å². The summed E-state index contributed by atoms with van der Waals surface area (Å²) in [5.74, 6) is 0. The highest BCUT2D eigenvalue weighted by Crippen LogP contribution is 2.55. The van der Waals surface area contributed by atoms with Gasteiger partial charge in [-0.2, -0.15) is 0 Å². The first-order valence-electron chi connectivity index (χ1n) is 3.74. The second-order valence-corrected chi connectivity index (χ2v) is 3.32. The molecule has 0 saturated carbocycles. The number of rotatable bonds is 1. The van der Waals surface area contributed by atoms with Gasteiger partial charge in [-0.15, -0.1) is 0 Å². The van der Waals surface area contributed by atoms with Crippen molar-refractivity contribution in [2.75, 3.05) is 0 Å². The second-order valence-electron chi connectivity index (χ2n) is 3.32. The van der Waals surface area contributed by atoms with Crippen LogP contribution in [0.3, 0.4) is 0 Å². The van der Waals surface area contributed by atoms with Crippen molar-refractivity contribution in [2.24, 2.45) is 0 Å². The van der Waals surface area contributed by atoms with E-state index in [1.54, 1.807) is 32.1 Å². The van der Waals surface area contributed by atoms with Crippen LogP contribution in [0.15, 0.2) is 23.8 Å². The lowest BCUT2D eigenvalue weighted by molar-refractivity contribution is -0.552. The maximum atomic E-state index is 10.7. The molecule has 2 unspecified atom stereocenters. The molecule has 0 aromatic carbocycles. The van der Waals surface area contributed by atoms with E-state index in [9.17, 15) is 10.1 Å². The monoisotopic (exact) mass is 167 g/mol. The van der Waals surface area contributed by atoms with Crippen molar-refractivity contribution in [2.45, 2.75) is 25.2 Å². The SMILES string of the molecule is CC1=CC=CC2(C)OC12[N+](=O)[O-]. The number of hydrogen-bond acceptors (Lipinski definition) is 3. The molecule has 0 aromatic heterocycles. The van der Waals surface area contributed by atoms with Crippen LogP contribution in [0.25, 0.3) is 0 Å². The van der Waals surface area contributed by atoms with E-state index in [2.05, 4.69) is 0 Å². The first kappa shape index (κ1) is 7.49. The van der Waals surface area contributed by atoms with Crippen LogP contribution in [0.1, 0.15) is 13.8 Å². The summed E-state index contributed by atoms with van der Waals surface area (Å²) in [6, 6.07) is 0. The van der Waals surface area contributed by atoms with Crippen LogP contribution in [0, 0.1) is 10.1 Å². The van der Waals surface area contributed by atoms with Crippen molar-refractivity contribution in [3.05, 3.63) is 33.9 Å². The van der Waals surface area contributed by atoms with Gasteiger partial charge in [-0.3, -0.25) is 14.9 Å². The molecule has 0 N–H and O–H groups in total. The molecule has 2 rings (SSSR count). The molecule has 12 heavy (non-hydrogen) atoms. The normalized spacial score (nSPS) is 43.3. The van der Waals surface area contributed by atoms with Crippen LogP contribution in [0.5, 0.6) is 0 Å². The minimum Gasteiger partial charge on any atom is -0.287 e. The lowest BCUT2D eigenvalue weighted by Gasteiger charge is -2.09. The van der Waals surface area contributed by atoms with Gasteiger partial charge >= 0.3 is 5.72 Å². The van der Waals surface area contributed by atoms with E-state index in [1.165, 1.54) is 0 Å². The highest BCUT2D eigenvalue weighted by molar-refractivity contribution is 5.39. The molecular weight excluding hydrogens is 158 g/mol. The molecule has 0 radical (unpaired) electrons. The summed E-state index contributed by atoms with van der Waals surface area (Å²) in [5.41, 5.74) is -1.31. The fourth-order valence-corrected chi connectivity index (χ4v) is 1.75. The molecule has 1 aliphatic heterocycles. The van der Waals surface area contributed by atoms with Gasteiger partial charge in [0.15, 0.2) is 5.60 Å². The van der Waals surface area contributed by atoms with Gasteiger partial charge in [0.05, 0.1) is 4.92 Å². The minimum atomic E-state index is -1.26. The zero-order valence-corrected chi connectivity index (χ0v) is 6.90. The summed E-state index contributed by atoms with van der Waals surface area (Å²) in [5, 5.41) is 10.7. The summed E-state index contributed by atoms with van der Waals surface area (Å²) in [4.78, 5) is 10.4. The Hall–Kier alpha value is -1.16. The molecule has 4 heteroatoms. The van der Waals surface area contributed by atoms with E-state index in [0.29, 0.717) is 5.57 Å². The average molecular weight is 167 g/mol. The molecule has 0 bridgehead atoms. The Balaban J connectivity index is 2.49. The first-order chi connectivity index (χ1) is 5.53. The van der Waals surface area contributed by atoms with Crippen LogP contribution >= 0.6 is 0 Å². The van der Waals surface area contributed by atoms with E-state index in [0.717, 1.165) is 0 Å². The topological polar surface area (TPSA) is 55.7 Å². The maximum Gasteiger partial charge on any atom is 0.381 e. The van der Waals surface area contributed by atoms with Gasteiger partial charge in [-0.25, -0.2) is 0 Å². The molecule has 4 nitrogen and oxygen atoms in total. The summed E-state index contributed by atoms with van der Waals surface area (Å²) < 4.78 is 5.17. The van der Waals surface area contributed by atoms with Crippen molar-refractivity contribution < 1.29 is 9.66 Å². The highest BCUT2D eigenvalue weighted by atomic mass is 16.8. The molecule has 1 heterocycles. The van der Waals surface area contributed by atoms with Crippen molar-refractivity contribution in [1.82, 2.24) is 0 Å². The summed E-state index contributed by atoms with van der Waals surface area (Å²) in [7, 11) is 0. The molecule has 1 saturated heterocycles. The molecule has 64 valence electrons. The number of ether oxygens (including phenoxy) is 1. The largest absolute Gasteiger partial charge is 0.381 e. The molecule has 2 atom stereocenters. The molecular formula is C8H9NO3. The molecule has 1 aliphatic carbocycles. The first-order valence-corrected chi connectivity index (χ1v) is 3.74. The Kier molecular flexibility index (Phi) is 1.10. The van der Waals surface area contributed by atoms with Gasteiger partial charge in [0.2, 0.25) is 0 Å². The van der Waals surface area contributed by atoms with Gasteiger partial charge in [-0.05, 0) is 19.9 Å². The number of allylic oxidation sites excluding steroid dienone is 2. The number of nitrogens with zero attached hydrogens (tertiary/aromatic N) is 1. The van der Waals surface area contributed by atoms with E-state index in [-0.39, 0.29) is 4.92 Å². The van der Waals surface area contributed by atoms with Crippen LogP contribution < -0.4 is 0 Å². The van der Waals surface area contributed by atoms with Gasteiger partial charge in [-0.1, -0.05) is 12.2 Å². The van der Waals surface area contributed by atoms with Gasteiger partial charge in [0, 0.05) is 5.57 Å². The van der Waals surface area contributed by atoms with Crippen molar-refractivity contribution in [3.8, 4) is 0 Å². The maximum absolute atomic E-state index is 10.7. The molecule has 0 aromatic rings. The van der Waals surface area contributed by atoms with Crippen molar-refractivity contribution >= 4 is 0 Å². The third-order valence-corrected chi connectivity index (χ3v) is 2.54. The van der Waals surface area contributed by atoms with Gasteiger partial charge in [0.1, 0.15) is 0 Å². The Bertz CT molecular complexity index is 320. The van der Waals surface area contributed by atoms with Crippen molar-refractivity contribution in [3.63, 3.8) is 0 Å². The smallest absolute Gasteiger partial charge is 0.287 e. The van der Waals surface area contributed by atoms with E-state index >= 15 is 0 Å². The Morgan fingerprint density at radius 3 is 2.75 bits per heavy atom. The summed E-state index contributed by atoms with van der Waals surface area (Å²) in [6.45, 7) is 3.44. The molecule has 0 amide bonds. The Morgan fingerprint density at radius 2 is 2.33 bits per heavy atom. The zero-order valence-electron chi connectivity index (χ0n) is 6.90. The zero-order chi connectivity index (χ0) is 8.98. The number of epoxide rings is 1. The standard InChI is InChI=1S/C8H9NO3/c1-6-4-3-5-7(2)8(6,12-7)9(10)11/h3-5H,1-2H3. The van der Waals surface area contributed by atoms with E-state index < -0.39 is 11.3 Å². The summed E-state index contributed by atoms with van der Waals surface area (Å²) >= 11 is 0. The van der Waals surface area contributed by atoms with Gasteiger partial charge < -0.3 is 0 Å².